The number of carbonyl (C=O) groups is 1. The van der Waals surface area contributed by atoms with Crippen molar-refractivity contribution in [2.24, 2.45) is 5.92 Å². The van der Waals surface area contributed by atoms with Crippen molar-refractivity contribution in [1.82, 2.24) is 19.9 Å². The first kappa shape index (κ1) is 19.4. The molecule has 9 heteroatoms. The van der Waals surface area contributed by atoms with Gasteiger partial charge in [-0.1, -0.05) is 30.4 Å². The first-order valence-corrected chi connectivity index (χ1v) is 10.4. The van der Waals surface area contributed by atoms with Gasteiger partial charge in [0, 0.05) is 25.8 Å². The number of rotatable bonds is 5. The predicted octanol–water partition coefficient (Wildman–Crippen LogP) is 2.33. The highest BCUT2D eigenvalue weighted by atomic mass is 32.1. The molecule has 8 nitrogen and oxygen atoms in total. The van der Waals surface area contributed by atoms with Gasteiger partial charge in [-0.2, -0.15) is 4.52 Å². The van der Waals surface area contributed by atoms with Gasteiger partial charge in [-0.05, 0) is 36.5 Å². The van der Waals surface area contributed by atoms with Crippen molar-refractivity contribution >= 4 is 27.3 Å². The van der Waals surface area contributed by atoms with E-state index in [1.54, 1.807) is 7.11 Å². The first-order chi connectivity index (χ1) is 14.0. The molecule has 1 amide bonds. The maximum absolute atomic E-state index is 12.8. The molecule has 29 heavy (non-hydrogen) atoms. The molecule has 1 aromatic carbocycles. The molecule has 0 bridgehead atoms. The zero-order chi connectivity index (χ0) is 20.4. The summed E-state index contributed by atoms with van der Waals surface area (Å²) in [6, 6.07) is 7.39. The third-order valence-electron chi connectivity index (χ3n) is 5.04. The van der Waals surface area contributed by atoms with Crippen LogP contribution in [0.1, 0.15) is 35.7 Å². The lowest BCUT2D eigenvalue weighted by molar-refractivity contribution is 0.0948. The van der Waals surface area contributed by atoms with Crippen LogP contribution in [0.2, 0.25) is 0 Å². The number of nitrogens with one attached hydrogen (secondary N) is 1. The van der Waals surface area contributed by atoms with Crippen molar-refractivity contribution in [3.05, 3.63) is 51.9 Å². The second-order valence-electron chi connectivity index (χ2n) is 7.28. The van der Waals surface area contributed by atoms with Crippen molar-refractivity contribution in [3.8, 4) is 5.75 Å². The average molecular weight is 414 g/mol. The van der Waals surface area contributed by atoms with E-state index in [-0.39, 0.29) is 12.1 Å². The lowest BCUT2D eigenvalue weighted by Gasteiger charge is -2.30. The summed E-state index contributed by atoms with van der Waals surface area (Å²) in [6.07, 6.45) is 3.65. The number of piperidine rings is 1. The molecule has 0 saturated carbocycles. The number of methoxy groups -OCH3 is 1. The standard InChI is InChI=1S/C20H23N5O3S/c1-13-5-4-8-24(12-13)20-23-25-18(27)16(11-22-19(25)29-20)17(26)21-10-14-6-3-7-15(9-14)28-2/h3,6-7,9,11,13H,4-5,8,10,12H2,1-2H3,(H,21,26)/t13-/m0/s1. The second kappa shape index (κ2) is 8.20. The number of hydrogen-bond acceptors (Lipinski definition) is 7. The van der Waals surface area contributed by atoms with E-state index in [0.717, 1.165) is 30.2 Å². The van der Waals surface area contributed by atoms with Crippen LogP contribution in [0.3, 0.4) is 0 Å². The Labute approximate surface area is 172 Å². The molecular formula is C20H23N5O3S. The summed E-state index contributed by atoms with van der Waals surface area (Å²) in [5, 5.41) is 7.98. The summed E-state index contributed by atoms with van der Waals surface area (Å²) in [7, 11) is 1.59. The van der Waals surface area contributed by atoms with Gasteiger partial charge < -0.3 is 15.0 Å². The number of benzene rings is 1. The Balaban J connectivity index is 1.53. The Morgan fingerprint density at radius 1 is 1.41 bits per heavy atom. The molecule has 3 aromatic rings. The molecule has 2 aromatic heterocycles. The monoisotopic (exact) mass is 413 g/mol. The molecule has 152 valence electrons. The maximum atomic E-state index is 12.8. The quantitative estimate of drug-likeness (QED) is 0.691. The Morgan fingerprint density at radius 2 is 2.28 bits per heavy atom. The minimum absolute atomic E-state index is 0.0192. The Kier molecular flexibility index (Phi) is 5.48. The molecular weight excluding hydrogens is 390 g/mol. The van der Waals surface area contributed by atoms with E-state index in [2.05, 4.69) is 27.2 Å². The van der Waals surface area contributed by atoms with Gasteiger partial charge in [0.05, 0.1) is 7.11 Å². The smallest absolute Gasteiger partial charge is 0.288 e. The van der Waals surface area contributed by atoms with E-state index >= 15 is 0 Å². The highest BCUT2D eigenvalue weighted by Gasteiger charge is 2.22. The van der Waals surface area contributed by atoms with Crippen LogP contribution < -0.4 is 20.5 Å². The zero-order valence-corrected chi connectivity index (χ0v) is 17.2. The highest BCUT2D eigenvalue weighted by molar-refractivity contribution is 7.20. The summed E-state index contributed by atoms with van der Waals surface area (Å²) >= 11 is 1.38. The fourth-order valence-corrected chi connectivity index (χ4v) is 4.38. The number of fused-ring (bicyclic) bond motifs is 1. The van der Waals surface area contributed by atoms with Gasteiger partial charge in [0.2, 0.25) is 10.1 Å². The molecule has 0 unspecified atom stereocenters. The number of carbonyl (C=O) groups excluding carboxylic acids is 1. The fourth-order valence-electron chi connectivity index (χ4n) is 3.48. The number of amides is 1. The second-order valence-corrected chi connectivity index (χ2v) is 8.22. The van der Waals surface area contributed by atoms with Crippen molar-refractivity contribution in [2.75, 3.05) is 25.1 Å². The van der Waals surface area contributed by atoms with Gasteiger partial charge in [0.1, 0.15) is 11.3 Å². The maximum Gasteiger partial charge on any atom is 0.288 e. The minimum atomic E-state index is -0.471. The van der Waals surface area contributed by atoms with Gasteiger partial charge in [0.25, 0.3) is 11.5 Å². The summed E-state index contributed by atoms with van der Waals surface area (Å²) in [5.74, 6) is 0.834. The molecule has 0 aliphatic carbocycles. The number of hydrogen-bond donors (Lipinski definition) is 1. The van der Waals surface area contributed by atoms with Gasteiger partial charge in [-0.15, -0.1) is 5.10 Å². The highest BCUT2D eigenvalue weighted by Crippen LogP contribution is 2.26. The number of nitrogens with zero attached hydrogens (tertiary/aromatic N) is 4. The van der Waals surface area contributed by atoms with Gasteiger partial charge in [-0.3, -0.25) is 9.59 Å². The van der Waals surface area contributed by atoms with Crippen LogP contribution in [0, 0.1) is 5.92 Å². The number of aromatic nitrogens is 3. The Hall–Kier alpha value is -2.94. The summed E-state index contributed by atoms with van der Waals surface area (Å²) < 4.78 is 6.42. The summed E-state index contributed by atoms with van der Waals surface area (Å²) in [6.45, 7) is 4.34. The van der Waals surface area contributed by atoms with Crippen LogP contribution in [0.5, 0.6) is 5.75 Å². The molecule has 1 aliphatic rings. The van der Waals surface area contributed by atoms with Crippen LogP contribution in [-0.4, -0.2) is 40.7 Å². The van der Waals surface area contributed by atoms with E-state index < -0.39 is 11.5 Å². The molecule has 1 aliphatic heterocycles. The third-order valence-corrected chi connectivity index (χ3v) is 6.02. The van der Waals surface area contributed by atoms with E-state index in [4.69, 9.17) is 4.74 Å². The van der Waals surface area contributed by atoms with Gasteiger partial charge in [-0.25, -0.2) is 4.98 Å². The van der Waals surface area contributed by atoms with Crippen LogP contribution in [0.4, 0.5) is 5.13 Å². The average Bonchev–Trinajstić information content (AvgIpc) is 3.18. The van der Waals surface area contributed by atoms with Gasteiger partial charge in [0.15, 0.2) is 0 Å². The van der Waals surface area contributed by atoms with Crippen LogP contribution >= 0.6 is 11.3 Å². The zero-order valence-electron chi connectivity index (χ0n) is 16.4. The number of ether oxygens (including phenoxy) is 1. The molecule has 1 N–H and O–H groups in total. The molecule has 1 fully saturated rings. The fraction of sp³-hybridized carbons (Fsp3) is 0.400. The molecule has 3 heterocycles. The van der Waals surface area contributed by atoms with E-state index in [9.17, 15) is 9.59 Å². The topological polar surface area (TPSA) is 88.8 Å². The summed E-state index contributed by atoms with van der Waals surface area (Å²) in [5.41, 5.74) is 0.405. The van der Waals surface area contributed by atoms with Crippen molar-refractivity contribution in [3.63, 3.8) is 0 Å². The predicted molar refractivity (Wildman–Crippen MR) is 112 cm³/mol. The molecule has 0 radical (unpaired) electrons. The SMILES string of the molecule is COc1cccc(CNC(=O)c2cnc3sc(N4CCC[C@H](C)C4)nn3c2=O)c1. The molecule has 4 rings (SSSR count). The number of anilines is 1. The minimum Gasteiger partial charge on any atom is -0.497 e. The van der Waals surface area contributed by atoms with Crippen LogP contribution in [-0.2, 0) is 6.54 Å². The van der Waals surface area contributed by atoms with E-state index in [1.165, 1.54) is 28.5 Å². The first-order valence-electron chi connectivity index (χ1n) is 9.60. The van der Waals surface area contributed by atoms with Crippen LogP contribution in [0.15, 0.2) is 35.3 Å². The third kappa shape index (κ3) is 4.09. The Morgan fingerprint density at radius 3 is 3.07 bits per heavy atom. The lowest BCUT2D eigenvalue weighted by atomic mass is 10.0. The van der Waals surface area contributed by atoms with Crippen molar-refractivity contribution in [2.45, 2.75) is 26.3 Å². The van der Waals surface area contributed by atoms with Crippen LogP contribution in [0.25, 0.3) is 4.96 Å². The Bertz CT molecular complexity index is 1090. The molecule has 1 atom stereocenters. The van der Waals surface area contributed by atoms with Crippen molar-refractivity contribution < 1.29 is 9.53 Å². The molecule has 0 spiro atoms. The van der Waals surface area contributed by atoms with Gasteiger partial charge >= 0.3 is 0 Å². The van der Waals surface area contributed by atoms with Crippen molar-refractivity contribution in [1.29, 1.82) is 0 Å². The molecule has 1 saturated heterocycles. The van der Waals surface area contributed by atoms with E-state index in [0.29, 0.717) is 16.6 Å². The normalized spacial score (nSPS) is 16.8. The summed E-state index contributed by atoms with van der Waals surface area (Å²) in [4.78, 5) is 32.3. The largest absolute Gasteiger partial charge is 0.497 e. The lowest BCUT2D eigenvalue weighted by Crippen LogP contribution is -2.34. The van der Waals surface area contributed by atoms with E-state index in [1.807, 2.05) is 24.3 Å².